The molecule has 0 unspecified atom stereocenters. The maximum atomic E-state index is 13.4. The first kappa shape index (κ1) is 15.2. The number of anilines is 1. The highest BCUT2D eigenvalue weighted by Crippen LogP contribution is 2.35. The molecule has 0 amide bonds. The summed E-state index contributed by atoms with van der Waals surface area (Å²) in [5, 5.41) is -0.197. The van der Waals surface area contributed by atoms with Gasteiger partial charge in [-0.2, -0.15) is 8.78 Å². The van der Waals surface area contributed by atoms with Crippen LogP contribution in [-0.4, -0.2) is 6.61 Å². The van der Waals surface area contributed by atoms with Crippen LogP contribution in [0.3, 0.4) is 0 Å². The molecule has 0 saturated carbocycles. The number of hydrogen-bond acceptors (Lipinski definition) is 3. The molecule has 8 heteroatoms. The minimum Gasteiger partial charge on any atom is -0.455 e. The van der Waals surface area contributed by atoms with Gasteiger partial charge in [-0.1, -0.05) is 11.6 Å². The molecule has 0 radical (unpaired) electrons. The molecule has 3 nitrogen and oxygen atoms in total. The molecule has 0 aromatic heterocycles. The van der Waals surface area contributed by atoms with E-state index in [0.717, 1.165) is 24.3 Å². The molecule has 21 heavy (non-hydrogen) atoms. The van der Waals surface area contributed by atoms with Gasteiger partial charge in [-0.15, -0.1) is 0 Å². The van der Waals surface area contributed by atoms with Crippen LogP contribution in [0.1, 0.15) is 0 Å². The molecule has 0 aliphatic heterocycles. The summed E-state index contributed by atoms with van der Waals surface area (Å²) in [6.45, 7) is -3.20. The minimum atomic E-state index is -3.20. The Balaban J connectivity index is 2.32. The van der Waals surface area contributed by atoms with E-state index < -0.39 is 24.0 Å². The summed E-state index contributed by atoms with van der Waals surface area (Å²) in [7, 11) is 0. The van der Waals surface area contributed by atoms with Crippen LogP contribution >= 0.6 is 11.6 Å². The van der Waals surface area contributed by atoms with Crippen LogP contribution in [0.2, 0.25) is 5.02 Å². The summed E-state index contributed by atoms with van der Waals surface area (Å²) >= 11 is 5.58. The highest BCUT2D eigenvalue weighted by molar-refractivity contribution is 6.30. The van der Waals surface area contributed by atoms with Gasteiger partial charge in [0.1, 0.15) is 11.6 Å². The monoisotopic (exact) mass is 321 g/mol. The number of benzene rings is 2. The predicted octanol–water partition coefficient (Wildman–Crippen LogP) is 4.59. The highest BCUT2D eigenvalue weighted by atomic mass is 35.5. The summed E-state index contributed by atoms with van der Waals surface area (Å²) in [4.78, 5) is 0. The molecule has 0 spiro atoms. The average Bonchev–Trinajstić information content (AvgIpc) is 2.39. The smallest absolute Gasteiger partial charge is 0.387 e. The zero-order valence-electron chi connectivity index (χ0n) is 10.2. The lowest BCUT2D eigenvalue weighted by atomic mass is 10.2. The van der Waals surface area contributed by atoms with Crippen LogP contribution in [0.4, 0.5) is 23.2 Å². The number of nitrogen functional groups attached to an aromatic ring is 1. The molecule has 0 aliphatic carbocycles. The molecule has 2 N–H and O–H groups in total. The van der Waals surface area contributed by atoms with Gasteiger partial charge in [0.05, 0.1) is 10.7 Å². The second kappa shape index (κ2) is 6.09. The normalized spacial score (nSPS) is 10.8. The Kier molecular flexibility index (Phi) is 4.42. The van der Waals surface area contributed by atoms with E-state index in [1.165, 1.54) is 6.07 Å². The number of rotatable bonds is 4. The number of ether oxygens (including phenoxy) is 2. The van der Waals surface area contributed by atoms with E-state index in [1.807, 2.05) is 0 Å². The van der Waals surface area contributed by atoms with E-state index in [4.69, 9.17) is 22.1 Å². The number of nitrogens with two attached hydrogens (primary N) is 1. The summed E-state index contributed by atoms with van der Waals surface area (Å²) < 4.78 is 59.9. The van der Waals surface area contributed by atoms with Crippen molar-refractivity contribution in [3.63, 3.8) is 0 Å². The first-order chi connectivity index (χ1) is 9.86. The van der Waals surface area contributed by atoms with Crippen molar-refractivity contribution in [2.75, 3.05) is 5.73 Å². The van der Waals surface area contributed by atoms with E-state index >= 15 is 0 Å². The summed E-state index contributed by atoms with van der Waals surface area (Å²) in [5.74, 6) is -2.46. The lowest BCUT2D eigenvalue weighted by Crippen LogP contribution is -2.05. The maximum Gasteiger partial charge on any atom is 0.387 e. The van der Waals surface area contributed by atoms with E-state index in [2.05, 4.69) is 4.74 Å². The van der Waals surface area contributed by atoms with Crippen molar-refractivity contribution in [3.8, 4) is 17.2 Å². The molecule has 0 fully saturated rings. The van der Waals surface area contributed by atoms with Crippen LogP contribution in [0.25, 0.3) is 0 Å². The van der Waals surface area contributed by atoms with E-state index in [0.29, 0.717) is 0 Å². The van der Waals surface area contributed by atoms with Crippen molar-refractivity contribution >= 4 is 17.3 Å². The number of hydrogen-bond donors (Lipinski definition) is 1. The third-order valence-corrected chi connectivity index (χ3v) is 2.69. The van der Waals surface area contributed by atoms with Crippen molar-refractivity contribution in [1.82, 2.24) is 0 Å². The van der Waals surface area contributed by atoms with Gasteiger partial charge < -0.3 is 15.2 Å². The van der Waals surface area contributed by atoms with Crippen LogP contribution in [0.5, 0.6) is 17.2 Å². The third-order valence-electron chi connectivity index (χ3n) is 2.40. The van der Waals surface area contributed by atoms with Crippen LogP contribution in [0.15, 0.2) is 30.3 Å². The van der Waals surface area contributed by atoms with Gasteiger partial charge in [0.25, 0.3) is 0 Å². The third kappa shape index (κ3) is 3.69. The van der Waals surface area contributed by atoms with E-state index in [-0.39, 0.29) is 22.2 Å². The average molecular weight is 322 g/mol. The molecule has 2 aromatic carbocycles. The molecular weight excluding hydrogens is 314 g/mol. The molecule has 0 saturated heterocycles. The first-order valence-corrected chi connectivity index (χ1v) is 5.91. The molecular formula is C13H8ClF4NO2. The highest BCUT2D eigenvalue weighted by Gasteiger charge is 2.15. The molecule has 0 aliphatic rings. The van der Waals surface area contributed by atoms with Crippen LogP contribution < -0.4 is 15.2 Å². The van der Waals surface area contributed by atoms with Crippen molar-refractivity contribution < 1.29 is 27.0 Å². The Hall–Kier alpha value is -2.15. The lowest BCUT2D eigenvalue weighted by Gasteiger charge is -2.12. The zero-order valence-corrected chi connectivity index (χ0v) is 11.0. The van der Waals surface area contributed by atoms with Gasteiger partial charge in [0.15, 0.2) is 17.3 Å². The van der Waals surface area contributed by atoms with Gasteiger partial charge >= 0.3 is 6.61 Å². The van der Waals surface area contributed by atoms with Gasteiger partial charge in [-0.05, 0) is 12.1 Å². The van der Waals surface area contributed by atoms with Crippen molar-refractivity contribution in [2.45, 2.75) is 6.61 Å². The van der Waals surface area contributed by atoms with Crippen molar-refractivity contribution in [1.29, 1.82) is 0 Å². The largest absolute Gasteiger partial charge is 0.455 e. The molecule has 2 aromatic rings. The summed E-state index contributed by atoms with van der Waals surface area (Å²) in [6.07, 6.45) is 0. The van der Waals surface area contributed by atoms with Crippen molar-refractivity contribution in [2.24, 2.45) is 0 Å². The second-order valence-corrected chi connectivity index (χ2v) is 4.28. The Bertz CT molecular complexity index is 667. The van der Waals surface area contributed by atoms with Gasteiger partial charge in [0, 0.05) is 18.2 Å². The fourth-order valence-corrected chi connectivity index (χ4v) is 1.66. The molecule has 0 heterocycles. The quantitative estimate of drug-likeness (QED) is 0.661. The predicted molar refractivity (Wildman–Crippen MR) is 68.9 cm³/mol. The minimum absolute atomic E-state index is 0.0997. The molecule has 0 bridgehead atoms. The van der Waals surface area contributed by atoms with Crippen LogP contribution in [0, 0.1) is 11.6 Å². The van der Waals surface area contributed by atoms with E-state index in [9.17, 15) is 17.6 Å². The summed E-state index contributed by atoms with van der Waals surface area (Å²) in [5.41, 5.74) is 5.38. The van der Waals surface area contributed by atoms with Gasteiger partial charge in [0.2, 0.25) is 0 Å². The molecule has 112 valence electrons. The lowest BCUT2D eigenvalue weighted by molar-refractivity contribution is -0.0522. The fraction of sp³-hybridized carbons (Fsp3) is 0.0769. The Morgan fingerprint density at radius 1 is 1.00 bits per heavy atom. The second-order valence-electron chi connectivity index (χ2n) is 3.88. The number of alkyl halides is 2. The van der Waals surface area contributed by atoms with Crippen molar-refractivity contribution in [3.05, 3.63) is 47.0 Å². The maximum absolute atomic E-state index is 13.4. The SMILES string of the molecule is Nc1cc(F)c(OC(F)F)cc1Oc1ccc(F)c(Cl)c1. The standard InChI is InChI=1S/C13H8ClF4NO2/c14-7-3-6(1-2-8(7)15)20-12-5-11(21-13(17)18)9(16)4-10(12)19/h1-5,13H,19H2. The van der Waals surface area contributed by atoms with E-state index in [1.54, 1.807) is 0 Å². The Labute approximate surface area is 121 Å². The molecule has 0 atom stereocenters. The summed E-state index contributed by atoms with van der Waals surface area (Å²) in [6, 6.07) is 5.10. The zero-order chi connectivity index (χ0) is 15.6. The van der Waals surface area contributed by atoms with Gasteiger partial charge in [-0.3, -0.25) is 0 Å². The molecule has 2 rings (SSSR count). The number of halogens is 5. The van der Waals surface area contributed by atoms with Gasteiger partial charge in [-0.25, -0.2) is 8.78 Å². The van der Waals surface area contributed by atoms with Crippen LogP contribution in [-0.2, 0) is 0 Å². The fourth-order valence-electron chi connectivity index (χ4n) is 1.49. The first-order valence-electron chi connectivity index (χ1n) is 5.53. The topological polar surface area (TPSA) is 44.5 Å². The Morgan fingerprint density at radius 3 is 2.33 bits per heavy atom. The Morgan fingerprint density at radius 2 is 1.71 bits per heavy atom.